The van der Waals surface area contributed by atoms with Gasteiger partial charge in [0.2, 0.25) is 0 Å². The first kappa shape index (κ1) is 15.4. The summed E-state index contributed by atoms with van der Waals surface area (Å²) in [5, 5.41) is 13.0. The van der Waals surface area contributed by atoms with Gasteiger partial charge in [-0.15, -0.1) is 0 Å². The summed E-state index contributed by atoms with van der Waals surface area (Å²) in [5.74, 6) is 1.20. The Balaban J connectivity index is 2.16. The van der Waals surface area contributed by atoms with Crippen LogP contribution in [0.15, 0.2) is 48.5 Å². The number of methoxy groups -OCH3 is 1. The molecular formula is C18H23NO2. The molecule has 2 atom stereocenters. The molecular weight excluding hydrogens is 262 g/mol. The molecule has 0 aliphatic carbocycles. The highest BCUT2D eigenvalue weighted by Gasteiger charge is 2.16. The van der Waals surface area contributed by atoms with E-state index in [1.807, 2.05) is 30.3 Å². The van der Waals surface area contributed by atoms with Gasteiger partial charge in [-0.05, 0) is 37.1 Å². The smallest absolute Gasteiger partial charge is 0.123 e. The molecule has 0 heterocycles. The number of nitrogens with one attached hydrogen (secondary N) is 1. The number of phenolic OH excluding ortho intramolecular Hbond substituents is 1. The fourth-order valence-corrected chi connectivity index (χ4v) is 2.57. The van der Waals surface area contributed by atoms with E-state index in [4.69, 9.17) is 4.74 Å². The quantitative estimate of drug-likeness (QED) is 0.835. The molecule has 2 N–H and O–H groups in total. The van der Waals surface area contributed by atoms with Crippen LogP contribution in [0.1, 0.15) is 43.5 Å². The third kappa shape index (κ3) is 3.76. The number of para-hydroxylation sites is 1. The van der Waals surface area contributed by atoms with Crippen molar-refractivity contribution in [1.29, 1.82) is 0 Å². The topological polar surface area (TPSA) is 41.5 Å². The third-order valence-electron chi connectivity index (χ3n) is 3.76. The minimum Gasteiger partial charge on any atom is -0.508 e. The zero-order valence-electron chi connectivity index (χ0n) is 12.8. The molecule has 0 radical (unpaired) electrons. The van der Waals surface area contributed by atoms with Crippen molar-refractivity contribution in [2.75, 3.05) is 7.11 Å². The Morgan fingerprint density at radius 2 is 1.76 bits per heavy atom. The largest absolute Gasteiger partial charge is 0.508 e. The maximum atomic E-state index is 9.40. The predicted molar refractivity (Wildman–Crippen MR) is 85.7 cm³/mol. The molecule has 0 aliphatic rings. The van der Waals surface area contributed by atoms with Crippen LogP contribution in [-0.2, 0) is 0 Å². The summed E-state index contributed by atoms with van der Waals surface area (Å²) in [7, 11) is 1.70. The minimum atomic E-state index is 0.180. The Bertz CT molecular complexity index is 566. The lowest BCUT2D eigenvalue weighted by molar-refractivity contribution is 0.392. The highest BCUT2D eigenvalue weighted by molar-refractivity contribution is 5.36. The molecule has 0 aromatic heterocycles. The van der Waals surface area contributed by atoms with Crippen LogP contribution >= 0.6 is 0 Å². The Labute approximate surface area is 126 Å². The molecule has 2 aromatic carbocycles. The lowest BCUT2D eigenvalue weighted by Crippen LogP contribution is -2.24. The molecule has 0 fully saturated rings. The molecule has 0 aliphatic heterocycles. The van der Waals surface area contributed by atoms with Crippen LogP contribution in [0.25, 0.3) is 0 Å². The van der Waals surface area contributed by atoms with Crippen molar-refractivity contribution < 1.29 is 9.84 Å². The van der Waals surface area contributed by atoms with Gasteiger partial charge in [0.15, 0.2) is 0 Å². The SMILES string of the molecule is CCC(NC(C)c1ccccc1OC)c1ccc(O)cc1. The summed E-state index contributed by atoms with van der Waals surface area (Å²) in [6, 6.07) is 15.9. The first-order valence-electron chi connectivity index (χ1n) is 7.33. The molecule has 0 saturated carbocycles. The number of hydrogen-bond acceptors (Lipinski definition) is 3. The molecule has 0 amide bonds. The zero-order valence-corrected chi connectivity index (χ0v) is 12.8. The number of benzene rings is 2. The highest BCUT2D eigenvalue weighted by atomic mass is 16.5. The van der Waals surface area contributed by atoms with Gasteiger partial charge < -0.3 is 15.2 Å². The molecule has 2 aromatic rings. The molecule has 21 heavy (non-hydrogen) atoms. The van der Waals surface area contributed by atoms with Crippen LogP contribution in [0.2, 0.25) is 0 Å². The number of ether oxygens (including phenoxy) is 1. The van der Waals surface area contributed by atoms with E-state index in [0.29, 0.717) is 5.75 Å². The molecule has 112 valence electrons. The number of aromatic hydroxyl groups is 1. The third-order valence-corrected chi connectivity index (χ3v) is 3.76. The Hall–Kier alpha value is -2.00. The van der Waals surface area contributed by atoms with Crippen LogP contribution in [0.4, 0.5) is 0 Å². The second-order valence-corrected chi connectivity index (χ2v) is 5.18. The molecule has 3 nitrogen and oxygen atoms in total. The molecule has 2 rings (SSSR count). The molecule has 0 spiro atoms. The van der Waals surface area contributed by atoms with E-state index < -0.39 is 0 Å². The fraction of sp³-hybridized carbons (Fsp3) is 0.333. The first-order valence-corrected chi connectivity index (χ1v) is 7.33. The van der Waals surface area contributed by atoms with Crippen molar-refractivity contribution in [1.82, 2.24) is 5.32 Å². The monoisotopic (exact) mass is 285 g/mol. The van der Waals surface area contributed by atoms with Gasteiger partial charge in [0, 0.05) is 17.6 Å². The Morgan fingerprint density at radius 1 is 1.10 bits per heavy atom. The summed E-state index contributed by atoms with van der Waals surface area (Å²) >= 11 is 0. The zero-order chi connectivity index (χ0) is 15.2. The second kappa shape index (κ2) is 7.14. The van der Waals surface area contributed by atoms with Crippen molar-refractivity contribution in [2.45, 2.75) is 32.4 Å². The van der Waals surface area contributed by atoms with Crippen LogP contribution in [0.3, 0.4) is 0 Å². The van der Waals surface area contributed by atoms with E-state index in [1.165, 1.54) is 5.56 Å². The molecule has 2 unspecified atom stereocenters. The Kier molecular flexibility index (Phi) is 5.23. The Morgan fingerprint density at radius 3 is 2.38 bits per heavy atom. The van der Waals surface area contributed by atoms with Gasteiger partial charge in [-0.3, -0.25) is 0 Å². The van der Waals surface area contributed by atoms with Gasteiger partial charge in [0.1, 0.15) is 11.5 Å². The lowest BCUT2D eigenvalue weighted by Gasteiger charge is -2.24. The van der Waals surface area contributed by atoms with Crippen molar-refractivity contribution in [3.05, 3.63) is 59.7 Å². The van der Waals surface area contributed by atoms with Gasteiger partial charge in [0.05, 0.1) is 7.11 Å². The maximum absolute atomic E-state index is 9.40. The van der Waals surface area contributed by atoms with E-state index in [1.54, 1.807) is 19.2 Å². The van der Waals surface area contributed by atoms with Gasteiger partial charge in [-0.25, -0.2) is 0 Å². The fourth-order valence-electron chi connectivity index (χ4n) is 2.57. The lowest BCUT2D eigenvalue weighted by atomic mass is 10.0. The van der Waals surface area contributed by atoms with Crippen LogP contribution in [-0.4, -0.2) is 12.2 Å². The number of rotatable bonds is 6. The van der Waals surface area contributed by atoms with Gasteiger partial charge in [-0.2, -0.15) is 0 Å². The highest BCUT2D eigenvalue weighted by Crippen LogP contribution is 2.28. The van der Waals surface area contributed by atoms with Crippen LogP contribution in [0, 0.1) is 0 Å². The summed E-state index contributed by atoms with van der Waals surface area (Å²) in [4.78, 5) is 0. The summed E-state index contributed by atoms with van der Waals surface area (Å²) in [6.45, 7) is 4.29. The van der Waals surface area contributed by atoms with E-state index in [-0.39, 0.29) is 12.1 Å². The van der Waals surface area contributed by atoms with Gasteiger partial charge >= 0.3 is 0 Å². The second-order valence-electron chi connectivity index (χ2n) is 5.18. The van der Waals surface area contributed by atoms with Crippen molar-refractivity contribution >= 4 is 0 Å². The first-order chi connectivity index (χ1) is 10.2. The van der Waals surface area contributed by atoms with Crippen molar-refractivity contribution in [2.24, 2.45) is 0 Å². The molecule has 0 saturated heterocycles. The molecule has 0 bridgehead atoms. The summed E-state index contributed by atoms with van der Waals surface area (Å²) < 4.78 is 5.43. The average molecular weight is 285 g/mol. The maximum Gasteiger partial charge on any atom is 0.123 e. The van der Waals surface area contributed by atoms with E-state index in [0.717, 1.165) is 17.7 Å². The van der Waals surface area contributed by atoms with Crippen molar-refractivity contribution in [3.8, 4) is 11.5 Å². The van der Waals surface area contributed by atoms with Gasteiger partial charge in [0.25, 0.3) is 0 Å². The standard InChI is InChI=1S/C18H23NO2/c1-4-17(14-9-11-15(20)12-10-14)19-13(2)16-7-5-6-8-18(16)21-3/h5-13,17,19-20H,4H2,1-3H3. The minimum absolute atomic E-state index is 0.180. The van der Waals surface area contributed by atoms with Crippen molar-refractivity contribution in [3.63, 3.8) is 0 Å². The van der Waals surface area contributed by atoms with Gasteiger partial charge in [-0.1, -0.05) is 37.3 Å². The summed E-state index contributed by atoms with van der Waals surface area (Å²) in [6.07, 6.45) is 0.976. The number of phenols is 1. The van der Waals surface area contributed by atoms with Crippen LogP contribution < -0.4 is 10.1 Å². The number of hydrogen-bond donors (Lipinski definition) is 2. The summed E-state index contributed by atoms with van der Waals surface area (Å²) in [5.41, 5.74) is 2.33. The average Bonchev–Trinajstić information content (AvgIpc) is 2.53. The van der Waals surface area contributed by atoms with E-state index in [9.17, 15) is 5.11 Å². The normalized spacial score (nSPS) is 13.7. The van der Waals surface area contributed by atoms with E-state index in [2.05, 4.69) is 25.2 Å². The van der Waals surface area contributed by atoms with E-state index >= 15 is 0 Å². The predicted octanol–water partition coefficient (Wildman–Crippen LogP) is 4.20. The molecule has 3 heteroatoms. The van der Waals surface area contributed by atoms with Crippen LogP contribution in [0.5, 0.6) is 11.5 Å².